The average molecular weight is 686 g/mol. The number of ether oxygens (including phenoxy) is 3. The normalized spacial score (nSPS) is 20.5. The van der Waals surface area contributed by atoms with Gasteiger partial charge < -0.3 is 19.5 Å². The second-order valence-corrected chi connectivity index (χ2v) is 12.5. The number of benzene rings is 4. The summed E-state index contributed by atoms with van der Waals surface area (Å²) in [5.74, 6) is -0.448. The number of thioether (sulfide) groups is 1. The molecule has 4 aromatic carbocycles. The van der Waals surface area contributed by atoms with E-state index in [4.69, 9.17) is 14.2 Å². The standard InChI is InChI=1S/C35H29BrN2O6S/c1-42-32(40)30-28(21-43-27-19-17-25(36)18-20-27)31(23-11-5-2-6-12-23)45-34-35(33(41)38(30)34,24-13-7-3-8-14-24)37-29(39)22-44-26-15-9-4-10-16-26/h2-20,31,34H,21-22H2,1H3,(H,37,39)/t31?,34-,35?/m0/s1. The molecule has 3 atom stereocenters. The third kappa shape index (κ3) is 5.95. The molecule has 2 aliphatic heterocycles. The van der Waals surface area contributed by atoms with E-state index in [1.54, 1.807) is 24.3 Å². The third-order valence-corrected chi connectivity index (χ3v) is 9.84. The Labute approximate surface area is 273 Å². The van der Waals surface area contributed by atoms with Gasteiger partial charge in [0.2, 0.25) is 0 Å². The maximum Gasteiger partial charge on any atom is 0.354 e. The Bertz CT molecular complexity index is 1720. The van der Waals surface area contributed by atoms with Gasteiger partial charge in [-0.3, -0.25) is 14.5 Å². The average Bonchev–Trinajstić information content (AvgIpc) is 3.09. The number of amides is 2. The van der Waals surface area contributed by atoms with Crippen molar-refractivity contribution in [1.82, 2.24) is 10.2 Å². The molecule has 0 saturated carbocycles. The van der Waals surface area contributed by atoms with E-state index in [1.165, 1.54) is 23.8 Å². The highest BCUT2D eigenvalue weighted by Crippen LogP contribution is 2.58. The molecule has 1 N–H and O–H groups in total. The number of hydrogen-bond acceptors (Lipinski definition) is 7. The van der Waals surface area contributed by atoms with Crippen molar-refractivity contribution in [3.05, 3.63) is 142 Å². The molecule has 6 rings (SSSR count). The lowest BCUT2D eigenvalue weighted by molar-refractivity contribution is -0.161. The van der Waals surface area contributed by atoms with Crippen molar-refractivity contribution in [3.8, 4) is 11.5 Å². The van der Waals surface area contributed by atoms with Crippen molar-refractivity contribution in [2.45, 2.75) is 16.2 Å². The molecule has 1 saturated heterocycles. The number of esters is 1. The summed E-state index contributed by atoms with van der Waals surface area (Å²) >= 11 is 4.91. The summed E-state index contributed by atoms with van der Waals surface area (Å²) in [6.07, 6.45) is 0. The minimum atomic E-state index is -1.46. The number of carbonyl (C=O) groups excluding carboxylic acids is 3. The number of rotatable bonds is 10. The first-order valence-electron chi connectivity index (χ1n) is 14.2. The fraction of sp³-hybridized carbons (Fsp3) is 0.171. The number of nitrogens with one attached hydrogen (secondary N) is 1. The van der Waals surface area contributed by atoms with Crippen LogP contribution in [0.3, 0.4) is 0 Å². The van der Waals surface area contributed by atoms with Gasteiger partial charge in [0.05, 0.1) is 12.4 Å². The molecule has 8 nitrogen and oxygen atoms in total. The predicted molar refractivity (Wildman–Crippen MR) is 174 cm³/mol. The lowest BCUT2D eigenvalue weighted by atomic mass is 9.79. The highest BCUT2D eigenvalue weighted by Gasteiger charge is 2.67. The van der Waals surface area contributed by atoms with Crippen LogP contribution >= 0.6 is 27.7 Å². The fourth-order valence-electron chi connectivity index (χ4n) is 5.55. The van der Waals surface area contributed by atoms with Gasteiger partial charge in [0.1, 0.15) is 29.2 Å². The molecule has 0 bridgehead atoms. The van der Waals surface area contributed by atoms with Crippen LogP contribution in [-0.2, 0) is 24.7 Å². The summed E-state index contributed by atoms with van der Waals surface area (Å²) < 4.78 is 18.0. The van der Waals surface area contributed by atoms with E-state index in [1.807, 2.05) is 91.0 Å². The zero-order valence-electron chi connectivity index (χ0n) is 24.2. The SMILES string of the molecule is COC(=O)C1=C(COc2ccc(Br)cc2)C(c2ccccc2)S[C@@H]2N1C(=O)C2(NC(=O)COc1ccccc1)c1ccccc1. The van der Waals surface area contributed by atoms with Gasteiger partial charge in [-0.25, -0.2) is 4.79 Å². The van der Waals surface area contributed by atoms with Gasteiger partial charge in [0.25, 0.3) is 11.8 Å². The second kappa shape index (κ2) is 13.2. The first-order chi connectivity index (χ1) is 21.9. The Morgan fingerprint density at radius 2 is 1.44 bits per heavy atom. The monoisotopic (exact) mass is 684 g/mol. The summed E-state index contributed by atoms with van der Waals surface area (Å²) in [6.45, 7) is -0.262. The Morgan fingerprint density at radius 3 is 2.09 bits per heavy atom. The van der Waals surface area contributed by atoms with E-state index in [-0.39, 0.29) is 18.9 Å². The molecule has 2 unspecified atom stereocenters. The van der Waals surface area contributed by atoms with Gasteiger partial charge in [0.15, 0.2) is 12.1 Å². The van der Waals surface area contributed by atoms with E-state index in [0.29, 0.717) is 22.6 Å². The lowest BCUT2D eigenvalue weighted by Gasteiger charge is -2.58. The number of para-hydroxylation sites is 1. The molecule has 45 heavy (non-hydrogen) atoms. The number of hydrogen-bond donors (Lipinski definition) is 1. The van der Waals surface area contributed by atoms with Crippen LogP contribution in [0.2, 0.25) is 0 Å². The summed E-state index contributed by atoms with van der Waals surface area (Å²) in [5, 5.41) is 1.93. The third-order valence-electron chi connectivity index (χ3n) is 7.66. The van der Waals surface area contributed by atoms with Crippen molar-refractivity contribution in [3.63, 3.8) is 0 Å². The van der Waals surface area contributed by atoms with E-state index >= 15 is 0 Å². The number of halogens is 1. The molecule has 228 valence electrons. The van der Waals surface area contributed by atoms with Crippen LogP contribution in [0, 0.1) is 0 Å². The van der Waals surface area contributed by atoms with Crippen LogP contribution in [0.25, 0.3) is 0 Å². The van der Waals surface area contributed by atoms with Gasteiger partial charge in [-0.05, 0) is 47.5 Å². The Hall–Kier alpha value is -4.54. The van der Waals surface area contributed by atoms with Crippen LogP contribution in [0.1, 0.15) is 16.4 Å². The van der Waals surface area contributed by atoms with Crippen LogP contribution in [-0.4, -0.2) is 48.4 Å². The van der Waals surface area contributed by atoms with Gasteiger partial charge in [-0.1, -0.05) is 94.8 Å². The van der Waals surface area contributed by atoms with Crippen molar-refractivity contribution in [2.75, 3.05) is 20.3 Å². The smallest absolute Gasteiger partial charge is 0.354 e. The van der Waals surface area contributed by atoms with Crippen LogP contribution in [0.5, 0.6) is 11.5 Å². The molecule has 2 amide bonds. The van der Waals surface area contributed by atoms with Gasteiger partial charge in [-0.2, -0.15) is 0 Å². The number of β-lactam (4-membered cyclic amide) rings is 1. The molecular formula is C35H29BrN2O6S. The second-order valence-electron chi connectivity index (χ2n) is 10.4. The topological polar surface area (TPSA) is 94.2 Å². The molecule has 0 spiro atoms. The molecule has 4 aromatic rings. The van der Waals surface area contributed by atoms with Gasteiger partial charge in [0, 0.05) is 10.0 Å². The van der Waals surface area contributed by atoms with E-state index in [2.05, 4.69) is 21.2 Å². The number of nitrogens with zero attached hydrogens (tertiary/aromatic N) is 1. The summed E-state index contributed by atoms with van der Waals surface area (Å²) in [4.78, 5) is 42.8. The van der Waals surface area contributed by atoms with Crippen LogP contribution in [0.15, 0.2) is 131 Å². The zero-order valence-corrected chi connectivity index (χ0v) is 26.6. The van der Waals surface area contributed by atoms with Gasteiger partial charge >= 0.3 is 5.97 Å². The van der Waals surface area contributed by atoms with E-state index in [0.717, 1.165) is 10.0 Å². The summed E-state index contributed by atoms with van der Waals surface area (Å²) in [7, 11) is 1.29. The molecule has 1 fully saturated rings. The molecule has 0 radical (unpaired) electrons. The number of carbonyl (C=O) groups is 3. The molecule has 10 heteroatoms. The summed E-state index contributed by atoms with van der Waals surface area (Å²) in [5.41, 5.74) is 0.748. The molecular weight excluding hydrogens is 656 g/mol. The van der Waals surface area contributed by atoms with Crippen LogP contribution < -0.4 is 14.8 Å². The fourth-order valence-corrected chi connectivity index (χ4v) is 7.55. The van der Waals surface area contributed by atoms with Crippen molar-refractivity contribution >= 4 is 45.5 Å². The zero-order chi connectivity index (χ0) is 31.4. The molecule has 2 heterocycles. The van der Waals surface area contributed by atoms with E-state index < -0.39 is 33.9 Å². The molecule has 2 aliphatic rings. The number of methoxy groups -OCH3 is 1. The Kier molecular flexibility index (Phi) is 8.95. The maximum atomic E-state index is 14.4. The predicted octanol–water partition coefficient (Wildman–Crippen LogP) is 6.00. The van der Waals surface area contributed by atoms with Crippen LogP contribution in [0.4, 0.5) is 0 Å². The highest BCUT2D eigenvalue weighted by molar-refractivity contribution is 9.10. The minimum Gasteiger partial charge on any atom is -0.489 e. The maximum absolute atomic E-state index is 14.4. The van der Waals surface area contributed by atoms with Crippen molar-refractivity contribution in [2.24, 2.45) is 0 Å². The highest BCUT2D eigenvalue weighted by atomic mass is 79.9. The quantitative estimate of drug-likeness (QED) is 0.162. The summed E-state index contributed by atoms with van der Waals surface area (Å²) in [6, 6.07) is 35.1. The molecule has 0 aliphatic carbocycles. The van der Waals surface area contributed by atoms with Gasteiger partial charge in [-0.15, -0.1) is 11.8 Å². The Morgan fingerprint density at radius 1 is 0.844 bits per heavy atom. The van der Waals surface area contributed by atoms with Crippen molar-refractivity contribution < 1.29 is 28.6 Å². The minimum absolute atomic E-state index is 0.0325. The number of fused-ring (bicyclic) bond motifs is 1. The van der Waals surface area contributed by atoms with Crippen molar-refractivity contribution in [1.29, 1.82) is 0 Å². The first-order valence-corrected chi connectivity index (χ1v) is 15.9. The largest absolute Gasteiger partial charge is 0.489 e. The lowest BCUT2D eigenvalue weighted by Crippen LogP contribution is -2.78. The Balaban J connectivity index is 1.41. The first kappa shape index (κ1) is 30.5. The van der Waals surface area contributed by atoms with E-state index in [9.17, 15) is 14.4 Å². The molecule has 0 aromatic heterocycles.